The second-order valence-corrected chi connectivity index (χ2v) is 3.04. The van der Waals surface area contributed by atoms with Crippen LogP contribution in [-0.4, -0.2) is 35.1 Å². The van der Waals surface area contributed by atoms with Gasteiger partial charge in [-0.2, -0.15) is 5.26 Å². The molecule has 0 unspecified atom stereocenters. The van der Waals surface area contributed by atoms with E-state index in [-0.39, 0.29) is 12.2 Å². The zero-order chi connectivity index (χ0) is 12.7. The van der Waals surface area contributed by atoms with E-state index in [1.54, 1.807) is 12.1 Å². The van der Waals surface area contributed by atoms with Crippen LogP contribution in [0.1, 0.15) is 5.69 Å². The summed E-state index contributed by atoms with van der Waals surface area (Å²) in [5, 5.41) is 21.8. The molecule has 3 N–H and O–H groups in total. The minimum absolute atomic E-state index is 0.102. The molecule has 0 aliphatic rings. The third kappa shape index (κ3) is 4.61. The van der Waals surface area contributed by atoms with E-state index >= 15 is 0 Å². The molecular formula is C10H10N4O3. The normalized spacial score (nSPS) is 9.12. The van der Waals surface area contributed by atoms with Gasteiger partial charge in [-0.25, -0.2) is 4.98 Å². The number of hydrogen-bond donors (Lipinski definition) is 3. The molecule has 1 amide bonds. The van der Waals surface area contributed by atoms with E-state index in [4.69, 9.17) is 10.4 Å². The Labute approximate surface area is 97.1 Å². The highest BCUT2D eigenvalue weighted by Gasteiger charge is 2.04. The zero-order valence-corrected chi connectivity index (χ0v) is 8.80. The van der Waals surface area contributed by atoms with E-state index in [1.807, 2.05) is 6.07 Å². The lowest BCUT2D eigenvalue weighted by molar-refractivity contribution is -0.137. The first-order valence-electron chi connectivity index (χ1n) is 4.71. The van der Waals surface area contributed by atoms with Crippen molar-refractivity contribution in [1.29, 1.82) is 5.26 Å². The molecule has 88 valence electrons. The third-order valence-electron chi connectivity index (χ3n) is 1.73. The molecule has 7 nitrogen and oxygen atoms in total. The molecule has 1 aromatic heterocycles. The summed E-state index contributed by atoms with van der Waals surface area (Å²) in [5.41, 5.74) is 0.237. The maximum Gasteiger partial charge on any atom is 0.322 e. The number of nitrogens with zero attached hydrogens (tertiary/aromatic N) is 2. The predicted molar refractivity (Wildman–Crippen MR) is 58.1 cm³/mol. The average molecular weight is 234 g/mol. The SMILES string of the molecule is N#Cc1cccc(NCC(=O)NCC(=O)O)n1. The summed E-state index contributed by atoms with van der Waals surface area (Å²) in [6.45, 7) is -0.526. The highest BCUT2D eigenvalue weighted by Crippen LogP contribution is 2.02. The van der Waals surface area contributed by atoms with Crippen LogP contribution in [0, 0.1) is 11.3 Å². The van der Waals surface area contributed by atoms with Gasteiger partial charge in [0.15, 0.2) is 0 Å². The van der Waals surface area contributed by atoms with Gasteiger partial charge in [0, 0.05) is 0 Å². The van der Waals surface area contributed by atoms with Crippen LogP contribution in [-0.2, 0) is 9.59 Å². The first kappa shape index (κ1) is 12.4. The fourth-order valence-corrected chi connectivity index (χ4v) is 1.00. The molecular weight excluding hydrogens is 224 g/mol. The predicted octanol–water partition coefficient (Wildman–Crippen LogP) is -0.434. The van der Waals surface area contributed by atoms with Gasteiger partial charge in [0.05, 0.1) is 6.54 Å². The van der Waals surface area contributed by atoms with Crippen molar-refractivity contribution in [3.8, 4) is 6.07 Å². The number of carboxylic acid groups (broad SMARTS) is 1. The van der Waals surface area contributed by atoms with Crippen LogP contribution in [0.3, 0.4) is 0 Å². The van der Waals surface area contributed by atoms with Gasteiger partial charge >= 0.3 is 5.97 Å². The number of aliphatic carboxylic acids is 1. The van der Waals surface area contributed by atoms with Crippen LogP contribution in [0.4, 0.5) is 5.82 Å². The lowest BCUT2D eigenvalue weighted by Crippen LogP contribution is -2.33. The maximum atomic E-state index is 11.1. The van der Waals surface area contributed by atoms with Crippen molar-refractivity contribution < 1.29 is 14.7 Å². The molecule has 1 rings (SSSR count). The van der Waals surface area contributed by atoms with Gasteiger partial charge in [-0.05, 0) is 12.1 Å². The summed E-state index contributed by atoms with van der Waals surface area (Å²) >= 11 is 0. The number of carboxylic acids is 1. The molecule has 0 saturated heterocycles. The zero-order valence-electron chi connectivity index (χ0n) is 8.80. The maximum absolute atomic E-state index is 11.1. The lowest BCUT2D eigenvalue weighted by Gasteiger charge is -2.05. The molecule has 0 atom stereocenters. The van der Waals surface area contributed by atoms with Crippen LogP contribution < -0.4 is 10.6 Å². The van der Waals surface area contributed by atoms with E-state index in [0.717, 1.165) is 0 Å². The van der Waals surface area contributed by atoms with Crippen LogP contribution in [0.5, 0.6) is 0 Å². The van der Waals surface area contributed by atoms with Crippen molar-refractivity contribution in [2.75, 3.05) is 18.4 Å². The number of carbonyl (C=O) groups is 2. The van der Waals surface area contributed by atoms with Gasteiger partial charge in [-0.15, -0.1) is 0 Å². The molecule has 0 aliphatic heterocycles. The minimum Gasteiger partial charge on any atom is -0.480 e. The van der Waals surface area contributed by atoms with Crippen molar-refractivity contribution in [1.82, 2.24) is 10.3 Å². The second kappa shape index (κ2) is 6.07. The van der Waals surface area contributed by atoms with Gasteiger partial charge in [0.2, 0.25) is 5.91 Å². The summed E-state index contributed by atoms with van der Waals surface area (Å²) in [6.07, 6.45) is 0. The number of amides is 1. The highest BCUT2D eigenvalue weighted by atomic mass is 16.4. The Hall–Kier alpha value is -2.62. The van der Waals surface area contributed by atoms with E-state index in [1.165, 1.54) is 6.07 Å². The van der Waals surface area contributed by atoms with Gasteiger partial charge in [0.1, 0.15) is 24.1 Å². The van der Waals surface area contributed by atoms with Crippen LogP contribution in [0.25, 0.3) is 0 Å². The summed E-state index contributed by atoms with van der Waals surface area (Å²) in [4.78, 5) is 25.2. The van der Waals surface area contributed by atoms with Gasteiger partial charge < -0.3 is 15.7 Å². The smallest absolute Gasteiger partial charge is 0.322 e. The lowest BCUT2D eigenvalue weighted by atomic mass is 10.3. The Balaban J connectivity index is 2.42. The number of aromatic nitrogens is 1. The molecule has 0 aliphatic carbocycles. The van der Waals surface area contributed by atoms with E-state index in [2.05, 4.69) is 15.6 Å². The Morgan fingerprint density at radius 1 is 1.41 bits per heavy atom. The van der Waals surface area contributed by atoms with Crippen LogP contribution in [0.15, 0.2) is 18.2 Å². The number of anilines is 1. The summed E-state index contributed by atoms with van der Waals surface area (Å²) < 4.78 is 0. The minimum atomic E-state index is -1.11. The quantitative estimate of drug-likeness (QED) is 0.636. The Kier molecular flexibility index (Phi) is 4.45. The monoisotopic (exact) mass is 234 g/mol. The standard InChI is InChI=1S/C10H10N4O3/c11-4-7-2-1-3-8(14-7)12-5-9(15)13-6-10(16)17/h1-3H,5-6H2,(H,12,14)(H,13,15)(H,16,17). The number of carbonyl (C=O) groups excluding carboxylic acids is 1. The summed E-state index contributed by atoms with van der Waals surface area (Å²) in [7, 11) is 0. The number of pyridine rings is 1. The summed E-state index contributed by atoms with van der Waals surface area (Å²) in [6, 6.07) is 6.63. The second-order valence-electron chi connectivity index (χ2n) is 3.04. The van der Waals surface area contributed by atoms with Crippen LogP contribution >= 0.6 is 0 Å². The van der Waals surface area contributed by atoms with Crippen molar-refractivity contribution in [2.24, 2.45) is 0 Å². The van der Waals surface area contributed by atoms with Crippen molar-refractivity contribution in [2.45, 2.75) is 0 Å². The fourth-order valence-electron chi connectivity index (χ4n) is 1.00. The Bertz CT molecular complexity index is 467. The molecule has 1 aromatic rings. The van der Waals surface area contributed by atoms with Crippen molar-refractivity contribution in [3.05, 3.63) is 23.9 Å². The molecule has 0 saturated carbocycles. The van der Waals surface area contributed by atoms with Crippen molar-refractivity contribution in [3.63, 3.8) is 0 Å². The Morgan fingerprint density at radius 3 is 2.82 bits per heavy atom. The molecule has 1 heterocycles. The van der Waals surface area contributed by atoms with Gasteiger partial charge in [-0.3, -0.25) is 9.59 Å². The number of rotatable bonds is 5. The largest absolute Gasteiger partial charge is 0.480 e. The van der Waals surface area contributed by atoms with E-state index in [0.29, 0.717) is 5.82 Å². The number of nitrogens with one attached hydrogen (secondary N) is 2. The molecule has 0 aromatic carbocycles. The fraction of sp³-hybridized carbons (Fsp3) is 0.200. The Morgan fingerprint density at radius 2 is 2.18 bits per heavy atom. The van der Waals surface area contributed by atoms with Crippen LogP contribution in [0.2, 0.25) is 0 Å². The molecule has 0 fully saturated rings. The van der Waals surface area contributed by atoms with Gasteiger partial charge in [0.25, 0.3) is 0 Å². The van der Waals surface area contributed by atoms with Gasteiger partial charge in [-0.1, -0.05) is 6.07 Å². The number of hydrogen-bond acceptors (Lipinski definition) is 5. The first-order chi connectivity index (χ1) is 8.11. The summed E-state index contributed by atoms with van der Waals surface area (Å²) in [5.74, 6) is -1.19. The molecule has 0 radical (unpaired) electrons. The van der Waals surface area contributed by atoms with E-state index in [9.17, 15) is 9.59 Å². The first-order valence-corrected chi connectivity index (χ1v) is 4.71. The topological polar surface area (TPSA) is 115 Å². The molecule has 7 heteroatoms. The average Bonchev–Trinajstić information content (AvgIpc) is 2.34. The van der Waals surface area contributed by atoms with E-state index < -0.39 is 18.4 Å². The molecule has 17 heavy (non-hydrogen) atoms. The van der Waals surface area contributed by atoms with Crippen molar-refractivity contribution >= 4 is 17.7 Å². The molecule has 0 spiro atoms. The molecule has 0 bridgehead atoms. The third-order valence-corrected chi connectivity index (χ3v) is 1.73. The highest BCUT2D eigenvalue weighted by molar-refractivity contribution is 5.84. The number of nitriles is 1.